The van der Waals surface area contributed by atoms with Crippen molar-refractivity contribution in [1.29, 1.82) is 0 Å². The molecule has 0 radical (unpaired) electrons. The maximum absolute atomic E-state index is 5.39. The van der Waals surface area contributed by atoms with Gasteiger partial charge in [0.2, 0.25) is 0 Å². The van der Waals surface area contributed by atoms with Crippen molar-refractivity contribution in [3.8, 4) is 11.6 Å². The van der Waals surface area contributed by atoms with Gasteiger partial charge in [0.25, 0.3) is 5.89 Å². The van der Waals surface area contributed by atoms with E-state index in [2.05, 4.69) is 50.4 Å². The molecule has 0 spiro atoms. The summed E-state index contributed by atoms with van der Waals surface area (Å²) in [4.78, 5) is 11.3. The van der Waals surface area contributed by atoms with E-state index in [0.29, 0.717) is 11.8 Å². The molecular formula is C19H20N4O. The first kappa shape index (κ1) is 15.0. The molecule has 0 unspecified atom stereocenters. The summed E-state index contributed by atoms with van der Waals surface area (Å²) in [6.07, 6.45) is 3.86. The van der Waals surface area contributed by atoms with Crippen LogP contribution in [-0.2, 0) is 6.54 Å². The van der Waals surface area contributed by atoms with Crippen LogP contribution in [0.4, 0.5) is 0 Å². The fourth-order valence-electron chi connectivity index (χ4n) is 3.18. The van der Waals surface area contributed by atoms with Crippen LogP contribution in [0.3, 0.4) is 0 Å². The highest BCUT2D eigenvalue weighted by molar-refractivity contribution is 5.45. The highest BCUT2D eigenvalue weighted by Gasteiger charge is 2.25. The van der Waals surface area contributed by atoms with E-state index in [1.165, 1.54) is 5.56 Å². The standard InChI is InChI=1S/C19H20N4O/c1-2-6-15(7-3-1)14-23-12-9-16(10-13-23)18-21-19(24-22-18)17-8-4-5-11-20-17/h1-8,11,16H,9-10,12-14H2. The van der Waals surface area contributed by atoms with Crippen molar-refractivity contribution >= 4 is 0 Å². The van der Waals surface area contributed by atoms with Crippen LogP contribution in [0.5, 0.6) is 0 Å². The van der Waals surface area contributed by atoms with Gasteiger partial charge in [0.05, 0.1) is 0 Å². The van der Waals surface area contributed by atoms with Crippen LogP contribution < -0.4 is 0 Å². The highest BCUT2D eigenvalue weighted by atomic mass is 16.5. The zero-order valence-corrected chi connectivity index (χ0v) is 13.5. The summed E-state index contributed by atoms with van der Waals surface area (Å²) in [6.45, 7) is 3.14. The van der Waals surface area contributed by atoms with E-state index in [1.54, 1.807) is 6.20 Å². The van der Waals surface area contributed by atoms with Crippen molar-refractivity contribution in [1.82, 2.24) is 20.0 Å². The van der Waals surface area contributed by atoms with Crippen LogP contribution in [0.15, 0.2) is 59.3 Å². The number of aromatic nitrogens is 3. The SMILES string of the molecule is c1ccc(CN2CCC(c3noc(-c4ccccn4)n3)CC2)cc1. The summed E-state index contributed by atoms with van der Waals surface area (Å²) in [5.74, 6) is 1.70. The van der Waals surface area contributed by atoms with Gasteiger partial charge in [-0.2, -0.15) is 4.98 Å². The molecular weight excluding hydrogens is 300 g/mol. The number of hydrogen-bond donors (Lipinski definition) is 0. The lowest BCUT2D eigenvalue weighted by molar-refractivity contribution is 0.200. The Labute approximate surface area is 141 Å². The third kappa shape index (κ3) is 3.36. The maximum Gasteiger partial charge on any atom is 0.276 e. The van der Waals surface area contributed by atoms with E-state index in [4.69, 9.17) is 4.52 Å². The van der Waals surface area contributed by atoms with E-state index >= 15 is 0 Å². The largest absolute Gasteiger partial charge is 0.332 e. The summed E-state index contributed by atoms with van der Waals surface area (Å²) in [7, 11) is 0. The number of rotatable bonds is 4. The molecule has 3 aromatic rings. The van der Waals surface area contributed by atoms with Crippen LogP contribution in [0.1, 0.15) is 30.1 Å². The van der Waals surface area contributed by atoms with Gasteiger partial charge in [0.1, 0.15) is 5.69 Å². The number of likely N-dealkylation sites (tertiary alicyclic amines) is 1. The van der Waals surface area contributed by atoms with Crippen molar-refractivity contribution in [2.45, 2.75) is 25.3 Å². The van der Waals surface area contributed by atoms with Gasteiger partial charge in [-0.1, -0.05) is 41.6 Å². The van der Waals surface area contributed by atoms with Crippen molar-refractivity contribution < 1.29 is 4.52 Å². The zero-order valence-electron chi connectivity index (χ0n) is 13.5. The normalized spacial score (nSPS) is 16.3. The third-order valence-corrected chi connectivity index (χ3v) is 4.53. The van der Waals surface area contributed by atoms with Crippen molar-refractivity contribution in [3.05, 3.63) is 66.1 Å². The number of nitrogens with zero attached hydrogens (tertiary/aromatic N) is 4. The average molecular weight is 320 g/mol. The summed E-state index contributed by atoms with van der Waals surface area (Å²) in [5, 5.41) is 4.18. The molecule has 0 amide bonds. The second-order valence-corrected chi connectivity index (χ2v) is 6.21. The molecule has 2 aromatic heterocycles. The minimum Gasteiger partial charge on any atom is -0.332 e. The molecule has 24 heavy (non-hydrogen) atoms. The Bertz CT molecular complexity index is 764. The highest BCUT2D eigenvalue weighted by Crippen LogP contribution is 2.28. The summed E-state index contributed by atoms with van der Waals surface area (Å²) in [5.41, 5.74) is 2.10. The predicted octanol–water partition coefficient (Wildman–Crippen LogP) is 3.51. The van der Waals surface area contributed by atoms with Gasteiger partial charge < -0.3 is 4.52 Å². The average Bonchev–Trinajstić information content (AvgIpc) is 3.14. The Morgan fingerprint density at radius 1 is 1.00 bits per heavy atom. The summed E-state index contributed by atoms with van der Waals surface area (Å²) in [6, 6.07) is 16.3. The van der Waals surface area contributed by atoms with Gasteiger partial charge >= 0.3 is 0 Å². The lowest BCUT2D eigenvalue weighted by atomic mass is 9.96. The van der Waals surface area contributed by atoms with Crippen LogP contribution >= 0.6 is 0 Å². The molecule has 1 aliphatic rings. The van der Waals surface area contributed by atoms with Crippen molar-refractivity contribution in [2.24, 2.45) is 0 Å². The zero-order chi connectivity index (χ0) is 16.2. The van der Waals surface area contributed by atoms with E-state index in [0.717, 1.165) is 44.0 Å². The molecule has 4 rings (SSSR count). The van der Waals surface area contributed by atoms with Crippen LogP contribution in [0, 0.1) is 0 Å². The van der Waals surface area contributed by atoms with Gasteiger partial charge in [0, 0.05) is 18.7 Å². The first-order valence-electron chi connectivity index (χ1n) is 8.40. The number of pyridine rings is 1. The molecule has 0 bridgehead atoms. The Kier molecular flexibility index (Phi) is 4.34. The Morgan fingerprint density at radius 3 is 2.54 bits per heavy atom. The summed E-state index contributed by atoms with van der Waals surface area (Å²) >= 11 is 0. The molecule has 122 valence electrons. The van der Waals surface area contributed by atoms with E-state index < -0.39 is 0 Å². The molecule has 5 nitrogen and oxygen atoms in total. The Balaban J connectivity index is 1.37. The molecule has 1 saturated heterocycles. The lowest BCUT2D eigenvalue weighted by Crippen LogP contribution is -2.32. The van der Waals surface area contributed by atoms with Crippen molar-refractivity contribution in [2.75, 3.05) is 13.1 Å². The molecule has 1 fully saturated rings. The smallest absolute Gasteiger partial charge is 0.276 e. The van der Waals surface area contributed by atoms with E-state index in [-0.39, 0.29) is 0 Å². The second kappa shape index (κ2) is 6.93. The molecule has 0 atom stereocenters. The quantitative estimate of drug-likeness (QED) is 0.736. The number of benzene rings is 1. The van der Waals surface area contributed by atoms with Gasteiger partial charge in [-0.3, -0.25) is 9.88 Å². The second-order valence-electron chi connectivity index (χ2n) is 6.21. The Hall–Kier alpha value is -2.53. The molecule has 1 aliphatic heterocycles. The fraction of sp³-hybridized carbons (Fsp3) is 0.316. The van der Waals surface area contributed by atoms with Gasteiger partial charge in [0.15, 0.2) is 5.82 Å². The molecule has 0 aliphatic carbocycles. The molecule has 1 aromatic carbocycles. The molecule has 0 N–H and O–H groups in total. The minimum atomic E-state index is 0.373. The third-order valence-electron chi connectivity index (χ3n) is 4.53. The minimum absolute atomic E-state index is 0.373. The molecule has 5 heteroatoms. The first-order chi connectivity index (χ1) is 11.9. The topological polar surface area (TPSA) is 55.1 Å². The first-order valence-corrected chi connectivity index (χ1v) is 8.40. The molecule has 0 saturated carbocycles. The monoisotopic (exact) mass is 320 g/mol. The van der Waals surface area contributed by atoms with Crippen LogP contribution in [0.2, 0.25) is 0 Å². The Morgan fingerprint density at radius 2 is 1.79 bits per heavy atom. The fourth-order valence-corrected chi connectivity index (χ4v) is 3.18. The number of piperidine rings is 1. The van der Waals surface area contributed by atoms with Gasteiger partial charge in [-0.05, 0) is 43.6 Å². The summed E-state index contributed by atoms with van der Waals surface area (Å²) < 4.78 is 5.39. The van der Waals surface area contributed by atoms with E-state index in [9.17, 15) is 0 Å². The van der Waals surface area contributed by atoms with Gasteiger partial charge in [-0.25, -0.2) is 0 Å². The van der Waals surface area contributed by atoms with Crippen molar-refractivity contribution in [3.63, 3.8) is 0 Å². The van der Waals surface area contributed by atoms with Crippen LogP contribution in [0.25, 0.3) is 11.6 Å². The number of hydrogen-bond acceptors (Lipinski definition) is 5. The molecule has 3 heterocycles. The lowest BCUT2D eigenvalue weighted by Gasteiger charge is -2.30. The van der Waals surface area contributed by atoms with E-state index in [1.807, 2.05) is 18.2 Å². The van der Waals surface area contributed by atoms with Gasteiger partial charge in [-0.15, -0.1) is 0 Å². The maximum atomic E-state index is 5.39. The van der Waals surface area contributed by atoms with Crippen LogP contribution in [-0.4, -0.2) is 33.1 Å². The predicted molar refractivity (Wildman–Crippen MR) is 91.2 cm³/mol.